The van der Waals surface area contributed by atoms with Gasteiger partial charge in [-0.15, -0.1) is 11.3 Å². The van der Waals surface area contributed by atoms with Gasteiger partial charge in [0.1, 0.15) is 11.0 Å². The van der Waals surface area contributed by atoms with E-state index in [1.807, 2.05) is 18.4 Å². The monoisotopic (exact) mass is 252 g/mol. The fourth-order valence-electron chi connectivity index (χ4n) is 1.44. The van der Waals surface area contributed by atoms with Crippen LogP contribution in [0.1, 0.15) is 21.1 Å². The van der Waals surface area contributed by atoms with E-state index in [2.05, 4.69) is 9.97 Å². The number of aldehydes is 1. The zero-order valence-corrected chi connectivity index (χ0v) is 10.4. The smallest absolute Gasteiger partial charge is 0.155 e. The molecule has 0 aliphatic heterocycles. The minimum Gasteiger partial charge on any atom is -0.298 e. The molecule has 0 spiro atoms. The predicted octanol–water partition coefficient (Wildman–Crippen LogP) is 3.29. The lowest BCUT2D eigenvalue weighted by molar-refractivity contribution is 0.112. The third-order valence-corrected chi connectivity index (χ3v) is 3.28. The van der Waals surface area contributed by atoms with Gasteiger partial charge < -0.3 is 0 Å². The molecule has 0 atom stereocenters. The molecule has 2 aromatic rings. The lowest BCUT2D eigenvalue weighted by atomic mass is 10.1. The third-order valence-electron chi connectivity index (χ3n) is 2.13. The number of carbonyl (C=O) groups excluding carboxylic acids is 1. The number of hydrogen-bond acceptors (Lipinski definition) is 4. The summed E-state index contributed by atoms with van der Waals surface area (Å²) in [6.45, 7) is 3.76. The van der Waals surface area contributed by atoms with Crippen molar-refractivity contribution in [3.63, 3.8) is 0 Å². The van der Waals surface area contributed by atoms with E-state index in [1.165, 1.54) is 4.88 Å². The van der Waals surface area contributed by atoms with Gasteiger partial charge in [-0.3, -0.25) is 4.79 Å². The van der Waals surface area contributed by atoms with Gasteiger partial charge in [0.15, 0.2) is 6.29 Å². The molecule has 0 N–H and O–H groups in total. The number of hydrogen-bond donors (Lipinski definition) is 0. The molecule has 0 aliphatic rings. The van der Waals surface area contributed by atoms with Crippen molar-refractivity contribution in [2.45, 2.75) is 13.8 Å². The highest BCUT2D eigenvalue weighted by atomic mass is 35.5. The second-order valence-electron chi connectivity index (χ2n) is 3.39. The lowest BCUT2D eigenvalue weighted by Gasteiger charge is -2.04. The minimum atomic E-state index is 0.210. The summed E-state index contributed by atoms with van der Waals surface area (Å²) in [4.78, 5) is 20.4. The average Bonchev–Trinajstić information content (AvgIpc) is 2.63. The van der Waals surface area contributed by atoms with E-state index in [0.29, 0.717) is 23.4 Å². The fourth-order valence-corrected chi connectivity index (χ4v) is 2.38. The van der Waals surface area contributed by atoms with Crippen LogP contribution in [0.3, 0.4) is 0 Å². The Kier molecular flexibility index (Phi) is 3.03. The van der Waals surface area contributed by atoms with Gasteiger partial charge in [0.25, 0.3) is 0 Å². The quantitative estimate of drug-likeness (QED) is 0.608. The Bertz CT molecular complexity index is 551. The molecule has 0 radical (unpaired) electrons. The molecule has 82 valence electrons. The molecule has 0 aliphatic carbocycles. The molecule has 0 saturated heterocycles. The molecule has 0 fully saturated rings. The van der Waals surface area contributed by atoms with Crippen molar-refractivity contribution in [3.05, 3.63) is 32.9 Å². The van der Waals surface area contributed by atoms with Gasteiger partial charge in [0, 0.05) is 15.8 Å². The molecule has 0 amide bonds. The molecule has 2 rings (SSSR count). The van der Waals surface area contributed by atoms with Gasteiger partial charge >= 0.3 is 0 Å². The summed E-state index contributed by atoms with van der Waals surface area (Å²) in [6.07, 6.45) is 0.699. The SMILES string of the molecule is Cc1nc(Cl)c(C=O)c(-c2csc(C)c2)n1. The molecule has 3 nitrogen and oxygen atoms in total. The molecule has 16 heavy (non-hydrogen) atoms. The van der Waals surface area contributed by atoms with Crippen LogP contribution in [0.4, 0.5) is 0 Å². The maximum absolute atomic E-state index is 11.0. The van der Waals surface area contributed by atoms with Crippen LogP contribution >= 0.6 is 22.9 Å². The van der Waals surface area contributed by atoms with E-state index in [9.17, 15) is 4.79 Å². The van der Waals surface area contributed by atoms with Crippen LogP contribution in [-0.4, -0.2) is 16.3 Å². The summed E-state index contributed by atoms with van der Waals surface area (Å²) in [5.74, 6) is 0.564. The maximum atomic E-state index is 11.0. The van der Waals surface area contributed by atoms with Crippen LogP contribution in [-0.2, 0) is 0 Å². The zero-order chi connectivity index (χ0) is 11.7. The highest BCUT2D eigenvalue weighted by molar-refractivity contribution is 7.10. The van der Waals surface area contributed by atoms with E-state index < -0.39 is 0 Å². The van der Waals surface area contributed by atoms with E-state index in [-0.39, 0.29) is 5.15 Å². The van der Waals surface area contributed by atoms with Gasteiger partial charge in [0.2, 0.25) is 0 Å². The van der Waals surface area contributed by atoms with Crippen molar-refractivity contribution < 1.29 is 4.79 Å². The number of thiophene rings is 1. The first-order valence-electron chi connectivity index (χ1n) is 4.66. The first kappa shape index (κ1) is 11.2. The van der Waals surface area contributed by atoms with Crippen molar-refractivity contribution in [1.29, 1.82) is 0 Å². The Morgan fingerprint density at radius 1 is 1.38 bits per heavy atom. The second kappa shape index (κ2) is 4.31. The first-order valence-corrected chi connectivity index (χ1v) is 5.92. The Balaban J connectivity index is 2.67. The zero-order valence-electron chi connectivity index (χ0n) is 8.82. The number of rotatable bonds is 2. The average molecular weight is 253 g/mol. The predicted molar refractivity (Wildman–Crippen MR) is 65.2 cm³/mol. The van der Waals surface area contributed by atoms with Crippen molar-refractivity contribution >= 4 is 29.2 Å². The normalized spacial score (nSPS) is 10.4. The summed E-state index contributed by atoms with van der Waals surface area (Å²) < 4.78 is 0. The molecule has 5 heteroatoms. The summed E-state index contributed by atoms with van der Waals surface area (Å²) in [7, 11) is 0. The van der Waals surface area contributed by atoms with Crippen molar-refractivity contribution in [3.8, 4) is 11.3 Å². The topological polar surface area (TPSA) is 42.9 Å². The molecule has 0 bridgehead atoms. The summed E-state index contributed by atoms with van der Waals surface area (Å²) in [5, 5.41) is 2.17. The van der Waals surface area contributed by atoms with E-state index >= 15 is 0 Å². The van der Waals surface area contributed by atoms with Gasteiger partial charge in [0.05, 0.1) is 11.3 Å². The Labute approximate surface area is 102 Å². The Morgan fingerprint density at radius 3 is 2.69 bits per heavy atom. The largest absolute Gasteiger partial charge is 0.298 e. The molecule has 0 aromatic carbocycles. The number of nitrogens with zero attached hydrogens (tertiary/aromatic N) is 2. The van der Waals surface area contributed by atoms with E-state index in [4.69, 9.17) is 11.6 Å². The minimum absolute atomic E-state index is 0.210. The second-order valence-corrected chi connectivity index (χ2v) is 4.86. The maximum Gasteiger partial charge on any atom is 0.155 e. The standard InChI is InChI=1S/C11H9ClN2OS/c1-6-3-8(5-16-6)10-9(4-15)11(12)14-7(2)13-10/h3-5H,1-2H3. The van der Waals surface area contributed by atoms with Crippen molar-refractivity contribution in [2.75, 3.05) is 0 Å². The number of carbonyl (C=O) groups is 1. The number of aromatic nitrogens is 2. The first-order chi connectivity index (χ1) is 7.61. The molecule has 2 heterocycles. The van der Waals surface area contributed by atoms with Gasteiger partial charge in [-0.05, 0) is 19.9 Å². The Hall–Kier alpha value is -1.26. The summed E-state index contributed by atoms with van der Waals surface area (Å²) in [6, 6.07) is 1.98. The van der Waals surface area contributed by atoms with Gasteiger partial charge in [-0.1, -0.05) is 11.6 Å². The van der Waals surface area contributed by atoms with E-state index in [1.54, 1.807) is 18.3 Å². The lowest BCUT2D eigenvalue weighted by Crippen LogP contribution is -1.98. The van der Waals surface area contributed by atoms with Crippen LogP contribution in [0.2, 0.25) is 5.15 Å². The molecule has 0 unspecified atom stereocenters. The van der Waals surface area contributed by atoms with Gasteiger partial charge in [-0.25, -0.2) is 9.97 Å². The van der Waals surface area contributed by atoms with Crippen LogP contribution in [0.25, 0.3) is 11.3 Å². The van der Waals surface area contributed by atoms with Crippen LogP contribution in [0.15, 0.2) is 11.4 Å². The third kappa shape index (κ3) is 1.99. The van der Waals surface area contributed by atoms with E-state index in [0.717, 1.165) is 5.56 Å². The van der Waals surface area contributed by atoms with Crippen molar-refractivity contribution in [2.24, 2.45) is 0 Å². The molecule has 2 aromatic heterocycles. The van der Waals surface area contributed by atoms with Crippen LogP contribution < -0.4 is 0 Å². The van der Waals surface area contributed by atoms with Crippen LogP contribution in [0, 0.1) is 13.8 Å². The highest BCUT2D eigenvalue weighted by Gasteiger charge is 2.13. The molecular weight excluding hydrogens is 244 g/mol. The summed E-state index contributed by atoms with van der Waals surface area (Å²) >= 11 is 7.52. The number of aryl methyl sites for hydroxylation is 2. The number of halogens is 1. The van der Waals surface area contributed by atoms with Gasteiger partial charge in [-0.2, -0.15) is 0 Å². The fraction of sp³-hybridized carbons (Fsp3) is 0.182. The highest BCUT2D eigenvalue weighted by Crippen LogP contribution is 2.28. The Morgan fingerprint density at radius 2 is 2.12 bits per heavy atom. The summed E-state index contributed by atoms with van der Waals surface area (Å²) in [5.41, 5.74) is 1.87. The van der Waals surface area contributed by atoms with Crippen LogP contribution in [0.5, 0.6) is 0 Å². The molecule has 0 saturated carbocycles. The van der Waals surface area contributed by atoms with Crippen molar-refractivity contribution in [1.82, 2.24) is 9.97 Å². The molecular formula is C11H9ClN2OS.